The van der Waals surface area contributed by atoms with Gasteiger partial charge in [0.25, 0.3) is 0 Å². The van der Waals surface area contributed by atoms with Crippen molar-refractivity contribution in [1.29, 1.82) is 0 Å². The van der Waals surface area contributed by atoms with Crippen molar-refractivity contribution in [3.63, 3.8) is 0 Å². The Kier molecular flexibility index (Phi) is 8.13. The number of amidine groups is 2. The lowest BCUT2D eigenvalue weighted by molar-refractivity contribution is 0.668. The minimum atomic E-state index is -0.292. The fourth-order valence-corrected chi connectivity index (χ4v) is 10.3. The molecule has 1 aliphatic heterocycles. The average molecular weight is 742 g/mol. The first-order chi connectivity index (χ1) is 27.7. The van der Waals surface area contributed by atoms with Gasteiger partial charge in [-0.3, -0.25) is 0 Å². The highest BCUT2D eigenvalue weighted by Gasteiger charge is 2.29. The van der Waals surface area contributed by atoms with E-state index in [1.54, 1.807) is 0 Å². The molecule has 7 aromatic rings. The van der Waals surface area contributed by atoms with Gasteiger partial charge in [0.1, 0.15) is 22.8 Å². The molecule has 3 heterocycles. The molecule has 0 radical (unpaired) electrons. The quantitative estimate of drug-likeness (QED) is 0.184. The van der Waals surface area contributed by atoms with Crippen LogP contribution in [0.4, 0.5) is 0 Å². The molecule has 0 amide bonds. The number of thiophene rings is 1. The van der Waals surface area contributed by atoms with E-state index in [0.717, 1.165) is 65.9 Å². The number of aliphatic imine (C=N–C) groups is 2. The van der Waals surface area contributed by atoms with E-state index in [0.29, 0.717) is 0 Å². The number of rotatable bonds is 6. The number of benzene rings is 5. The molecule has 2 atom stereocenters. The molecule has 4 nitrogen and oxygen atoms in total. The van der Waals surface area contributed by atoms with E-state index >= 15 is 0 Å². The lowest BCUT2D eigenvalue weighted by Crippen LogP contribution is -2.37. The number of nitrogens with one attached hydrogen (secondary N) is 1. The lowest BCUT2D eigenvalue weighted by atomic mass is 9.81. The van der Waals surface area contributed by atoms with Gasteiger partial charge in [0.15, 0.2) is 6.17 Å². The molecule has 0 saturated carbocycles. The summed E-state index contributed by atoms with van der Waals surface area (Å²) in [5.74, 6) is 1.98. The van der Waals surface area contributed by atoms with Crippen LogP contribution in [0.15, 0.2) is 183 Å². The summed E-state index contributed by atoms with van der Waals surface area (Å²) in [7, 11) is 0. The number of aryl methyl sites for hydroxylation is 1. The number of nitrogens with zero attached hydrogens (tertiary/aromatic N) is 2. The zero-order valence-electron chi connectivity index (χ0n) is 30.9. The number of hydrogen-bond acceptors (Lipinski definition) is 5. The van der Waals surface area contributed by atoms with Gasteiger partial charge in [-0.2, -0.15) is 0 Å². The van der Waals surface area contributed by atoms with E-state index < -0.39 is 0 Å². The predicted molar refractivity (Wildman–Crippen MR) is 234 cm³/mol. The zero-order valence-corrected chi connectivity index (χ0v) is 31.7. The number of allylic oxidation sites excluding steroid dienone is 7. The van der Waals surface area contributed by atoms with Crippen LogP contribution in [-0.2, 0) is 6.42 Å². The molecule has 0 bridgehead atoms. The van der Waals surface area contributed by atoms with Crippen molar-refractivity contribution in [1.82, 2.24) is 5.32 Å². The van der Waals surface area contributed by atoms with Crippen LogP contribution in [0.1, 0.15) is 70.5 Å². The summed E-state index contributed by atoms with van der Waals surface area (Å²) in [6.07, 6.45) is 17.9. The third-order valence-electron chi connectivity index (χ3n) is 11.7. The molecule has 5 heteroatoms. The molecule has 2 aromatic heterocycles. The highest BCUT2D eigenvalue weighted by Crippen LogP contribution is 2.48. The number of fused-ring (bicyclic) bond motifs is 6. The Hall–Kier alpha value is -6.30. The molecule has 5 aromatic carbocycles. The minimum Gasteiger partial charge on any atom is -0.456 e. The second-order valence-electron chi connectivity index (χ2n) is 15.1. The van der Waals surface area contributed by atoms with Crippen molar-refractivity contribution in [3.8, 4) is 0 Å². The van der Waals surface area contributed by atoms with Crippen LogP contribution >= 0.6 is 11.3 Å². The van der Waals surface area contributed by atoms with Crippen molar-refractivity contribution in [2.24, 2.45) is 9.98 Å². The van der Waals surface area contributed by atoms with Crippen LogP contribution in [0.25, 0.3) is 43.2 Å². The van der Waals surface area contributed by atoms with Crippen LogP contribution < -0.4 is 5.32 Å². The van der Waals surface area contributed by atoms with E-state index in [9.17, 15) is 0 Å². The molecule has 3 aliphatic carbocycles. The fourth-order valence-electron chi connectivity index (χ4n) is 9.04. The molecular weight excluding hydrogens is 703 g/mol. The highest BCUT2D eigenvalue weighted by molar-refractivity contribution is 7.19. The zero-order chi connectivity index (χ0) is 37.0. The minimum absolute atomic E-state index is 0.156. The van der Waals surface area contributed by atoms with E-state index in [4.69, 9.17) is 14.4 Å². The molecule has 0 spiro atoms. The summed E-state index contributed by atoms with van der Waals surface area (Å²) >= 11 is 1.94. The van der Waals surface area contributed by atoms with Gasteiger partial charge in [0.05, 0.1) is 0 Å². The summed E-state index contributed by atoms with van der Waals surface area (Å²) in [6, 6.07) is 43.7. The fraction of sp³-hybridized carbons (Fsp3) is 0.137. The smallest absolute Gasteiger partial charge is 0.169 e. The summed E-state index contributed by atoms with van der Waals surface area (Å²) in [5.41, 5.74) is 13.2. The molecule has 11 rings (SSSR count). The topological polar surface area (TPSA) is 49.9 Å². The van der Waals surface area contributed by atoms with Crippen LogP contribution in [0.2, 0.25) is 0 Å². The maximum absolute atomic E-state index is 6.78. The Balaban J connectivity index is 0.976. The first-order valence-electron chi connectivity index (χ1n) is 19.7. The first-order valence-corrected chi connectivity index (χ1v) is 20.5. The summed E-state index contributed by atoms with van der Waals surface area (Å²) in [5, 5.41) is 7.35. The second-order valence-corrected chi connectivity index (χ2v) is 16.2. The molecule has 4 aliphatic rings. The molecule has 56 heavy (non-hydrogen) atoms. The Morgan fingerprint density at radius 2 is 1.46 bits per heavy atom. The molecule has 2 unspecified atom stereocenters. The van der Waals surface area contributed by atoms with Crippen LogP contribution in [-0.4, -0.2) is 11.7 Å². The van der Waals surface area contributed by atoms with Gasteiger partial charge in [-0.1, -0.05) is 134 Å². The van der Waals surface area contributed by atoms with E-state index in [1.807, 2.05) is 17.4 Å². The first kappa shape index (κ1) is 33.1. The molecule has 0 fully saturated rings. The van der Waals surface area contributed by atoms with Gasteiger partial charge >= 0.3 is 0 Å². The van der Waals surface area contributed by atoms with Gasteiger partial charge in [0.2, 0.25) is 0 Å². The average Bonchev–Trinajstić information content (AvgIpc) is 3.85. The monoisotopic (exact) mass is 741 g/mol. The Morgan fingerprint density at radius 3 is 2.32 bits per heavy atom. The standard InChI is InChI=1S/C51H39N3OS/c1-4-14-32(15-5-1)39-28-29-45-48(41-22-10-11-25-44(41)56-45)46(39)36-26-27-40-43(31-36)55-42-24-13-23-38(47(40)42)35-20-12-21-37(30-35)51-53-49(33-16-6-2-7-17-33)52-50(54-51)34-18-8-3-9-19-34/h1-8,10-18,20-27,31,35,49H,9,19,28-30H2,(H,52,53,54). The third-order valence-corrected chi connectivity index (χ3v) is 12.9. The summed E-state index contributed by atoms with van der Waals surface area (Å²) < 4.78 is 8.13. The Morgan fingerprint density at radius 1 is 0.661 bits per heavy atom. The normalized spacial score (nSPS) is 19.4. The Labute approximate surface area is 330 Å². The molecule has 0 saturated heterocycles. The second kappa shape index (κ2) is 13.8. The third kappa shape index (κ3) is 5.73. The van der Waals surface area contributed by atoms with E-state index in [1.165, 1.54) is 64.9 Å². The van der Waals surface area contributed by atoms with Gasteiger partial charge in [0, 0.05) is 37.2 Å². The summed E-state index contributed by atoms with van der Waals surface area (Å²) in [6.45, 7) is 0. The molecule has 1 N–H and O–H groups in total. The van der Waals surface area contributed by atoms with E-state index in [-0.39, 0.29) is 12.1 Å². The van der Waals surface area contributed by atoms with Gasteiger partial charge in [-0.05, 0) is 101 Å². The lowest BCUT2D eigenvalue weighted by Gasteiger charge is -2.27. The van der Waals surface area contributed by atoms with Crippen LogP contribution in [0.3, 0.4) is 0 Å². The number of furan rings is 1. The number of hydrogen-bond donors (Lipinski definition) is 1. The molecule has 270 valence electrons. The maximum Gasteiger partial charge on any atom is 0.169 e. The van der Waals surface area contributed by atoms with Crippen LogP contribution in [0.5, 0.6) is 0 Å². The van der Waals surface area contributed by atoms with E-state index in [2.05, 4.69) is 157 Å². The van der Waals surface area contributed by atoms with Crippen molar-refractivity contribution in [2.75, 3.05) is 0 Å². The van der Waals surface area contributed by atoms with Gasteiger partial charge in [-0.25, -0.2) is 9.98 Å². The van der Waals surface area contributed by atoms with Gasteiger partial charge < -0.3 is 9.73 Å². The predicted octanol–water partition coefficient (Wildman–Crippen LogP) is 13.1. The van der Waals surface area contributed by atoms with Crippen molar-refractivity contribution < 1.29 is 4.42 Å². The van der Waals surface area contributed by atoms with Crippen LogP contribution in [0, 0.1) is 0 Å². The van der Waals surface area contributed by atoms with Crippen molar-refractivity contribution in [2.45, 2.75) is 44.2 Å². The SMILES string of the molecule is C1=CCCC(C2=NC(c3ccccc3)N=C(C3=CC=CC(c4cccc5oc6cc(C7=C(c8ccccc8)CCc8sc9ccccc9c87)ccc6c45)C3)N2)=C1. The molecular formula is C51H39N3OS. The summed E-state index contributed by atoms with van der Waals surface area (Å²) in [4.78, 5) is 11.8. The van der Waals surface area contributed by atoms with Crippen molar-refractivity contribution in [3.05, 3.63) is 202 Å². The van der Waals surface area contributed by atoms with Crippen molar-refractivity contribution >= 4 is 66.2 Å². The largest absolute Gasteiger partial charge is 0.456 e. The maximum atomic E-state index is 6.78. The van der Waals surface area contributed by atoms with Gasteiger partial charge in [-0.15, -0.1) is 11.3 Å². The Bertz CT molecular complexity index is 2920. The highest BCUT2D eigenvalue weighted by atomic mass is 32.1.